The number of pyridine rings is 1. The molecule has 1 aliphatic heterocycles. The Morgan fingerprint density at radius 2 is 1.55 bits per heavy atom. The molecule has 1 aliphatic rings. The molecule has 2 heterocycles. The number of nitrogen functional groups attached to an aromatic ring is 1. The van der Waals surface area contributed by atoms with Gasteiger partial charge in [0.1, 0.15) is 5.82 Å². The quantitative estimate of drug-likeness (QED) is 0.154. The highest BCUT2D eigenvalue weighted by molar-refractivity contribution is 7.92. The minimum atomic E-state index is -4.09. The standard InChI is InChI=1S/C35H32F3N5O3S/c1-21-18-42(20-25-15-31(37)32(38)17-30(25)36)19-22(2)43(21)35(44)24-8-11-27(12-9-24)41-47(45,46)33-13-10-26(39)16-29(33)28-7-3-5-23-6-4-14-40-34(23)28/h3-17,21-22,41H,18-20,39H2,1-2H3. The van der Waals surface area contributed by atoms with Gasteiger partial charge in [0.05, 0.1) is 10.4 Å². The van der Waals surface area contributed by atoms with Crippen molar-refractivity contribution in [2.24, 2.45) is 0 Å². The molecule has 0 radical (unpaired) electrons. The normalized spacial score (nSPS) is 17.2. The van der Waals surface area contributed by atoms with E-state index in [4.69, 9.17) is 5.73 Å². The van der Waals surface area contributed by atoms with Gasteiger partial charge in [-0.1, -0.05) is 24.3 Å². The van der Waals surface area contributed by atoms with Crippen molar-refractivity contribution >= 4 is 38.2 Å². The minimum absolute atomic E-state index is 0.0220. The summed E-state index contributed by atoms with van der Waals surface area (Å²) in [5.41, 5.74) is 8.81. The molecule has 0 aliphatic carbocycles. The van der Waals surface area contributed by atoms with Gasteiger partial charge in [0.15, 0.2) is 11.6 Å². The second-order valence-corrected chi connectivity index (χ2v) is 13.4. The van der Waals surface area contributed by atoms with E-state index in [2.05, 4.69) is 9.71 Å². The van der Waals surface area contributed by atoms with Crippen LogP contribution in [-0.4, -0.2) is 54.3 Å². The van der Waals surface area contributed by atoms with E-state index in [1.807, 2.05) is 43.0 Å². The molecule has 6 rings (SSSR count). The Bertz CT molecular complexity index is 2080. The predicted molar refractivity (Wildman–Crippen MR) is 176 cm³/mol. The van der Waals surface area contributed by atoms with Crippen LogP contribution in [0.1, 0.15) is 29.8 Å². The largest absolute Gasteiger partial charge is 0.399 e. The van der Waals surface area contributed by atoms with Crippen LogP contribution in [0.25, 0.3) is 22.0 Å². The molecule has 8 nitrogen and oxygen atoms in total. The Morgan fingerprint density at radius 3 is 2.28 bits per heavy atom. The second kappa shape index (κ2) is 12.7. The smallest absolute Gasteiger partial charge is 0.262 e. The van der Waals surface area contributed by atoms with E-state index in [9.17, 15) is 26.4 Å². The van der Waals surface area contributed by atoms with Crippen molar-refractivity contribution < 1.29 is 26.4 Å². The number of benzene rings is 4. The number of rotatable bonds is 7. The number of anilines is 2. The van der Waals surface area contributed by atoms with Crippen LogP contribution >= 0.6 is 0 Å². The van der Waals surface area contributed by atoms with Gasteiger partial charge in [0, 0.05) is 83.0 Å². The third kappa shape index (κ3) is 6.51. The van der Waals surface area contributed by atoms with Gasteiger partial charge in [-0.15, -0.1) is 0 Å². The highest BCUT2D eigenvalue weighted by atomic mass is 32.2. The zero-order chi connectivity index (χ0) is 33.5. The maximum atomic E-state index is 14.3. The fraction of sp³-hybridized carbons (Fsp3) is 0.200. The van der Waals surface area contributed by atoms with Crippen molar-refractivity contribution in [2.45, 2.75) is 37.4 Å². The summed E-state index contributed by atoms with van der Waals surface area (Å²) >= 11 is 0. The average Bonchev–Trinajstić information content (AvgIpc) is 3.03. The number of hydrogen-bond donors (Lipinski definition) is 2. The van der Waals surface area contributed by atoms with Crippen LogP contribution in [0.2, 0.25) is 0 Å². The maximum Gasteiger partial charge on any atom is 0.262 e. The maximum absolute atomic E-state index is 14.3. The molecule has 1 saturated heterocycles. The number of halogens is 3. The zero-order valence-corrected chi connectivity index (χ0v) is 26.4. The molecule has 2 unspecified atom stereocenters. The van der Waals surface area contributed by atoms with Gasteiger partial charge in [0.25, 0.3) is 15.9 Å². The van der Waals surface area contributed by atoms with Crippen LogP contribution in [0.3, 0.4) is 0 Å². The summed E-state index contributed by atoms with van der Waals surface area (Å²) in [6.45, 7) is 4.58. The zero-order valence-electron chi connectivity index (χ0n) is 25.6. The fourth-order valence-electron chi connectivity index (χ4n) is 6.24. The lowest BCUT2D eigenvalue weighted by molar-refractivity contribution is 0.0265. The second-order valence-electron chi connectivity index (χ2n) is 11.8. The van der Waals surface area contributed by atoms with E-state index in [0.717, 1.165) is 11.5 Å². The number of nitrogens with one attached hydrogen (secondary N) is 1. The number of sulfonamides is 1. The molecule has 1 amide bonds. The minimum Gasteiger partial charge on any atom is -0.399 e. The number of amides is 1. The van der Waals surface area contributed by atoms with Crippen molar-refractivity contribution in [3.05, 3.63) is 120 Å². The predicted octanol–water partition coefficient (Wildman–Crippen LogP) is 6.44. The highest BCUT2D eigenvalue weighted by Crippen LogP contribution is 2.34. The van der Waals surface area contributed by atoms with Crippen LogP contribution in [-0.2, 0) is 16.6 Å². The number of carbonyl (C=O) groups is 1. The van der Waals surface area contributed by atoms with Gasteiger partial charge in [-0.25, -0.2) is 21.6 Å². The molecule has 1 aromatic heterocycles. The van der Waals surface area contributed by atoms with Crippen molar-refractivity contribution in [3.63, 3.8) is 0 Å². The Labute approximate surface area is 270 Å². The molecule has 242 valence electrons. The average molecular weight is 660 g/mol. The van der Waals surface area contributed by atoms with Crippen molar-refractivity contribution in [1.82, 2.24) is 14.8 Å². The van der Waals surface area contributed by atoms with E-state index in [1.165, 1.54) is 24.3 Å². The van der Waals surface area contributed by atoms with E-state index in [0.29, 0.717) is 47.1 Å². The first-order valence-corrected chi connectivity index (χ1v) is 16.4. The molecule has 0 saturated carbocycles. The summed E-state index contributed by atoms with van der Waals surface area (Å²) in [5, 5.41) is 0.853. The van der Waals surface area contributed by atoms with Gasteiger partial charge in [-0.2, -0.15) is 0 Å². The number of nitrogens with zero attached hydrogens (tertiary/aromatic N) is 3. The first kappa shape index (κ1) is 32.0. The van der Waals surface area contributed by atoms with Gasteiger partial charge in [-0.3, -0.25) is 19.4 Å². The van der Waals surface area contributed by atoms with Gasteiger partial charge >= 0.3 is 0 Å². The number of piperazine rings is 1. The highest BCUT2D eigenvalue weighted by Gasteiger charge is 2.34. The monoisotopic (exact) mass is 659 g/mol. The first-order chi connectivity index (χ1) is 22.4. The number of aromatic nitrogens is 1. The van der Waals surface area contributed by atoms with E-state index < -0.39 is 27.5 Å². The molecule has 2 atom stereocenters. The summed E-state index contributed by atoms with van der Waals surface area (Å²) in [5.74, 6) is -3.42. The molecule has 12 heteroatoms. The van der Waals surface area contributed by atoms with Gasteiger partial charge < -0.3 is 10.6 Å². The molecule has 1 fully saturated rings. The van der Waals surface area contributed by atoms with Crippen LogP contribution in [0.4, 0.5) is 24.5 Å². The Kier molecular flexibility index (Phi) is 8.64. The van der Waals surface area contributed by atoms with Crippen molar-refractivity contribution in [2.75, 3.05) is 23.5 Å². The lowest BCUT2D eigenvalue weighted by atomic mass is 10.0. The van der Waals surface area contributed by atoms with Crippen molar-refractivity contribution in [3.8, 4) is 11.1 Å². The summed E-state index contributed by atoms with van der Waals surface area (Å²) in [4.78, 5) is 21.7. The van der Waals surface area contributed by atoms with Crippen LogP contribution < -0.4 is 10.5 Å². The number of carbonyl (C=O) groups excluding carboxylic acids is 1. The summed E-state index contributed by atoms with van der Waals surface area (Å²) in [7, 11) is -4.09. The molecular formula is C35H32F3N5O3S. The van der Waals surface area contributed by atoms with Gasteiger partial charge in [0.2, 0.25) is 0 Å². The van der Waals surface area contributed by atoms with Crippen molar-refractivity contribution in [1.29, 1.82) is 0 Å². The molecule has 4 aromatic carbocycles. The number of hydrogen-bond acceptors (Lipinski definition) is 6. The third-order valence-corrected chi connectivity index (χ3v) is 9.75. The number of para-hydroxylation sites is 1. The molecule has 0 spiro atoms. The fourth-order valence-corrected chi connectivity index (χ4v) is 7.50. The topological polar surface area (TPSA) is 109 Å². The molecule has 5 aromatic rings. The molecule has 47 heavy (non-hydrogen) atoms. The Hall–Kier alpha value is -4.94. The molecule has 3 N–H and O–H groups in total. The lowest BCUT2D eigenvalue weighted by Gasteiger charge is -2.44. The number of nitrogens with two attached hydrogens (primary N) is 1. The summed E-state index contributed by atoms with van der Waals surface area (Å²) in [6, 6.07) is 20.8. The Balaban J connectivity index is 1.18. The Morgan fingerprint density at radius 1 is 0.872 bits per heavy atom. The third-order valence-electron chi connectivity index (χ3n) is 8.31. The van der Waals surface area contributed by atoms with E-state index >= 15 is 0 Å². The first-order valence-electron chi connectivity index (χ1n) is 15.0. The van der Waals surface area contributed by atoms with Crippen LogP contribution in [0, 0.1) is 17.5 Å². The van der Waals surface area contributed by atoms with Crippen LogP contribution in [0.5, 0.6) is 0 Å². The number of fused-ring (bicyclic) bond motifs is 1. The van der Waals surface area contributed by atoms with E-state index in [-0.39, 0.29) is 40.7 Å². The summed E-state index contributed by atoms with van der Waals surface area (Å²) in [6.07, 6.45) is 1.65. The van der Waals surface area contributed by atoms with Crippen LogP contribution in [0.15, 0.2) is 96.0 Å². The summed E-state index contributed by atoms with van der Waals surface area (Å²) < 4.78 is 71.4. The SMILES string of the molecule is CC1CN(Cc2cc(F)c(F)cc2F)CC(C)N1C(=O)c1ccc(NS(=O)(=O)c2ccc(N)cc2-c2cccc3cccnc23)cc1. The van der Waals surface area contributed by atoms with Gasteiger partial charge in [-0.05, 0) is 68.4 Å². The molecule has 0 bridgehead atoms. The lowest BCUT2D eigenvalue weighted by Crippen LogP contribution is -2.58. The molecular weight excluding hydrogens is 627 g/mol. The van der Waals surface area contributed by atoms with E-state index in [1.54, 1.807) is 35.4 Å².